The van der Waals surface area contributed by atoms with Crippen LogP contribution in [0.25, 0.3) is 0 Å². The van der Waals surface area contributed by atoms with Crippen LogP contribution >= 0.6 is 23.1 Å². The lowest BCUT2D eigenvalue weighted by atomic mass is 10.1. The van der Waals surface area contributed by atoms with Crippen molar-refractivity contribution in [3.8, 4) is 11.5 Å². The first-order valence-corrected chi connectivity index (χ1v) is 7.38. The van der Waals surface area contributed by atoms with Gasteiger partial charge in [0.05, 0.1) is 5.75 Å². The predicted octanol–water partition coefficient (Wildman–Crippen LogP) is 2.55. The molecule has 98 valence electrons. The molecule has 0 fully saturated rings. The van der Waals surface area contributed by atoms with Crippen LogP contribution in [-0.4, -0.2) is 28.5 Å². The van der Waals surface area contributed by atoms with Crippen LogP contribution in [0.15, 0.2) is 22.5 Å². The van der Waals surface area contributed by atoms with Crippen molar-refractivity contribution >= 4 is 28.9 Å². The second-order valence-electron chi connectivity index (χ2n) is 3.87. The molecule has 0 N–H and O–H groups in total. The molecule has 2 heterocycles. The van der Waals surface area contributed by atoms with E-state index in [1.165, 1.54) is 23.1 Å². The van der Waals surface area contributed by atoms with E-state index < -0.39 is 0 Å². The molecule has 0 amide bonds. The van der Waals surface area contributed by atoms with Crippen LogP contribution < -0.4 is 9.47 Å². The van der Waals surface area contributed by atoms with Gasteiger partial charge in [0.2, 0.25) is 6.79 Å². The fourth-order valence-electron chi connectivity index (χ4n) is 1.62. The summed E-state index contributed by atoms with van der Waals surface area (Å²) in [7, 11) is 0. The van der Waals surface area contributed by atoms with Gasteiger partial charge < -0.3 is 9.47 Å². The highest BCUT2D eigenvalue weighted by atomic mass is 32.2. The molecule has 1 aliphatic heterocycles. The van der Waals surface area contributed by atoms with E-state index in [1.54, 1.807) is 18.2 Å². The van der Waals surface area contributed by atoms with Crippen LogP contribution in [0.3, 0.4) is 0 Å². The summed E-state index contributed by atoms with van der Waals surface area (Å²) in [4.78, 5) is 12.1. The Morgan fingerprint density at radius 2 is 2.21 bits per heavy atom. The molecule has 19 heavy (non-hydrogen) atoms. The van der Waals surface area contributed by atoms with E-state index in [0.29, 0.717) is 22.8 Å². The highest BCUT2D eigenvalue weighted by molar-refractivity contribution is 8.01. The van der Waals surface area contributed by atoms with E-state index in [4.69, 9.17) is 9.47 Å². The molecule has 0 saturated carbocycles. The average Bonchev–Trinajstić information content (AvgIpc) is 3.03. The number of carbonyl (C=O) groups excluding carboxylic acids is 1. The molecule has 0 spiro atoms. The summed E-state index contributed by atoms with van der Waals surface area (Å²) in [6, 6.07) is 5.23. The fraction of sp³-hybridized carbons (Fsp3) is 0.250. The van der Waals surface area contributed by atoms with Crippen LogP contribution in [0.4, 0.5) is 0 Å². The third-order valence-electron chi connectivity index (χ3n) is 2.53. The van der Waals surface area contributed by atoms with Gasteiger partial charge in [-0.1, -0.05) is 23.1 Å². The number of ketones is 1. The monoisotopic (exact) mass is 294 g/mol. The zero-order valence-corrected chi connectivity index (χ0v) is 11.7. The first kappa shape index (κ1) is 12.4. The fourth-order valence-corrected chi connectivity index (χ4v) is 3.33. The van der Waals surface area contributed by atoms with Gasteiger partial charge in [0.1, 0.15) is 5.01 Å². The molecule has 0 unspecified atom stereocenters. The number of carbonyl (C=O) groups is 1. The quantitative estimate of drug-likeness (QED) is 0.638. The van der Waals surface area contributed by atoms with Crippen molar-refractivity contribution in [3.05, 3.63) is 28.8 Å². The van der Waals surface area contributed by atoms with Gasteiger partial charge in [0.15, 0.2) is 21.6 Å². The number of rotatable bonds is 4. The Morgan fingerprint density at radius 1 is 1.37 bits per heavy atom. The topological polar surface area (TPSA) is 61.3 Å². The minimum atomic E-state index is 0.0381. The van der Waals surface area contributed by atoms with Gasteiger partial charge in [0.25, 0.3) is 0 Å². The SMILES string of the molecule is Cc1nnc(SCC(=O)c2ccc3c(c2)OCO3)s1. The van der Waals surface area contributed by atoms with Crippen LogP contribution in [0.5, 0.6) is 11.5 Å². The molecule has 0 bridgehead atoms. The van der Waals surface area contributed by atoms with Crippen LogP contribution in [0, 0.1) is 6.92 Å². The molecule has 1 aromatic heterocycles. The first-order chi connectivity index (χ1) is 9.22. The van der Waals surface area contributed by atoms with E-state index in [-0.39, 0.29) is 12.6 Å². The van der Waals surface area contributed by atoms with E-state index in [9.17, 15) is 4.79 Å². The molecule has 5 nitrogen and oxygen atoms in total. The average molecular weight is 294 g/mol. The van der Waals surface area contributed by atoms with Crippen molar-refractivity contribution < 1.29 is 14.3 Å². The number of benzene rings is 1. The van der Waals surface area contributed by atoms with Crippen molar-refractivity contribution in [2.75, 3.05) is 12.5 Å². The zero-order valence-electron chi connectivity index (χ0n) is 10.1. The minimum Gasteiger partial charge on any atom is -0.454 e. The van der Waals surface area contributed by atoms with Crippen molar-refractivity contribution in [1.29, 1.82) is 0 Å². The third-order valence-corrected chi connectivity index (χ3v) is 4.50. The number of Topliss-reactive ketones (excluding diaryl/α,β-unsaturated/α-hetero) is 1. The number of hydrogen-bond acceptors (Lipinski definition) is 7. The lowest BCUT2D eigenvalue weighted by molar-refractivity contribution is 0.102. The van der Waals surface area contributed by atoms with E-state index in [2.05, 4.69) is 10.2 Å². The molecule has 0 atom stereocenters. The zero-order chi connectivity index (χ0) is 13.2. The lowest BCUT2D eigenvalue weighted by Crippen LogP contribution is -2.02. The molecule has 1 aromatic carbocycles. The van der Waals surface area contributed by atoms with Crippen molar-refractivity contribution in [3.63, 3.8) is 0 Å². The molecule has 7 heteroatoms. The maximum absolute atomic E-state index is 12.1. The Hall–Kier alpha value is -1.60. The van der Waals surface area contributed by atoms with Crippen molar-refractivity contribution in [1.82, 2.24) is 10.2 Å². The summed E-state index contributed by atoms with van der Waals surface area (Å²) >= 11 is 2.89. The maximum atomic E-state index is 12.1. The first-order valence-electron chi connectivity index (χ1n) is 5.58. The number of nitrogens with zero attached hydrogens (tertiary/aromatic N) is 2. The summed E-state index contributed by atoms with van der Waals surface area (Å²) in [5.41, 5.74) is 0.623. The standard InChI is InChI=1S/C12H10N2O3S2/c1-7-13-14-12(19-7)18-5-9(15)8-2-3-10-11(4-8)17-6-16-10/h2-4H,5-6H2,1H3. The highest BCUT2D eigenvalue weighted by Crippen LogP contribution is 2.33. The predicted molar refractivity (Wildman–Crippen MR) is 72.3 cm³/mol. The number of aryl methyl sites for hydroxylation is 1. The van der Waals surface area contributed by atoms with E-state index in [1.807, 2.05) is 6.92 Å². The van der Waals surface area contributed by atoms with Crippen molar-refractivity contribution in [2.45, 2.75) is 11.3 Å². The second kappa shape index (κ2) is 5.18. The Bertz CT molecular complexity index is 627. The molecule has 1 aliphatic rings. The summed E-state index contributed by atoms with van der Waals surface area (Å²) in [5.74, 6) is 1.69. The van der Waals surface area contributed by atoms with Crippen LogP contribution in [0.1, 0.15) is 15.4 Å². The molecular formula is C12H10N2O3S2. The Balaban J connectivity index is 1.67. The van der Waals surface area contributed by atoms with Crippen molar-refractivity contribution in [2.24, 2.45) is 0 Å². The molecule has 0 radical (unpaired) electrons. The van der Waals surface area contributed by atoms with Gasteiger partial charge in [-0.15, -0.1) is 10.2 Å². The Labute approximate surface area is 118 Å². The van der Waals surface area contributed by atoms with Gasteiger partial charge in [-0.05, 0) is 25.1 Å². The van der Waals surface area contributed by atoms with Gasteiger partial charge in [-0.2, -0.15) is 0 Å². The Morgan fingerprint density at radius 3 is 3.00 bits per heavy atom. The molecule has 0 saturated heterocycles. The largest absolute Gasteiger partial charge is 0.454 e. The van der Waals surface area contributed by atoms with Gasteiger partial charge in [-0.25, -0.2) is 0 Å². The van der Waals surface area contributed by atoms with Crippen LogP contribution in [0.2, 0.25) is 0 Å². The van der Waals surface area contributed by atoms with Crippen LogP contribution in [-0.2, 0) is 0 Å². The molecule has 3 rings (SSSR count). The number of aromatic nitrogens is 2. The lowest BCUT2D eigenvalue weighted by Gasteiger charge is -2.01. The van der Waals surface area contributed by atoms with E-state index in [0.717, 1.165) is 9.35 Å². The smallest absolute Gasteiger partial charge is 0.231 e. The molecular weight excluding hydrogens is 284 g/mol. The maximum Gasteiger partial charge on any atom is 0.231 e. The summed E-state index contributed by atoms with van der Waals surface area (Å²) in [5, 5.41) is 8.79. The Kier molecular flexibility index (Phi) is 3.39. The van der Waals surface area contributed by atoms with Gasteiger partial charge in [-0.3, -0.25) is 4.79 Å². The normalized spacial score (nSPS) is 12.7. The summed E-state index contributed by atoms with van der Waals surface area (Å²) < 4.78 is 11.3. The second-order valence-corrected chi connectivity index (χ2v) is 6.27. The molecule has 0 aliphatic carbocycles. The summed E-state index contributed by atoms with van der Waals surface area (Å²) in [6.07, 6.45) is 0. The third kappa shape index (κ3) is 2.71. The number of ether oxygens (including phenoxy) is 2. The minimum absolute atomic E-state index is 0.0381. The summed E-state index contributed by atoms with van der Waals surface area (Å²) in [6.45, 7) is 2.10. The van der Waals surface area contributed by atoms with Gasteiger partial charge in [0, 0.05) is 5.56 Å². The van der Waals surface area contributed by atoms with Gasteiger partial charge >= 0.3 is 0 Å². The molecule has 2 aromatic rings. The van der Waals surface area contributed by atoms with E-state index >= 15 is 0 Å². The number of thioether (sulfide) groups is 1. The number of hydrogen-bond donors (Lipinski definition) is 0. The highest BCUT2D eigenvalue weighted by Gasteiger charge is 2.16. The number of fused-ring (bicyclic) bond motifs is 1.